The number of aromatic nitrogens is 4. The van der Waals surface area contributed by atoms with Crippen molar-refractivity contribution in [2.45, 2.75) is 25.7 Å². The number of carbonyl (C=O) groups is 1. The van der Waals surface area contributed by atoms with Crippen LogP contribution in [0, 0.1) is 6.92 Å². The van der Waals surface area contributed by atoms with Crippen LogP contribution in [0.15, 0.2) is 18.5 Å². The van der Waals surface area contributed by atoms with Crippen molar-refractivity contribution in [1.82, 2.24) is 25.3 Å². The molecule has 1 saturated heterocycles. The molecule has 1 amide bonds. The summed E-state index contributed by atoms with van der Waals surface area (Å²) in [5.41, 5.74) is 2.67. The molecule has 2 N–H and O–H groups in total. The molecule has 0 atom stereocenters. The van der Waals surface area contributed by atoms with Gasteiger partial charge in [-0.25, -0.2) is 0 Å². The Hall–Kier alpha value is -2.11. The van der Waals surface area contributed by atoms with Gasteiger partial charge in [-0.05, 0) is 37.3 Å². The Morgan fingerprint density at radius 2 is 2.21 bits per heavy atom. The average Bonchev–Trinajstić information content (AvgIpc) is 3.09. The van der Waals surface area contributed by atoms with E-state index in [-0.39, 0.29) is 5.91 Å². The zero-order chi connectivity index (χ0) is 13.2. The number of hydrogen-bond acceptors (Lipinski definition) is 3. The molecule has 100 valence electrons. The van der Waals surface area contributed by atoms with Crippen molar-refractivity contribution in [3.8, 4) is 0 Å². The van der Waals surface area contributed by atoms with Crippen molar-refractivity contribution >= 4 is 5.91 Å². The van der Waals surface area contributed by atoms with Crippen LogP contribution in [0.1, 0.15) is 40.5 Å². The van der Waals surface area contributed by atoms with E-state index >= 15 is 0 Å². The van der Waals surface area contributed by atoms with E-state index < -0.39 is 0 Å². The van der Waals surface area contributed by atoms with E-state index in [9.17, 15) is 4.79 Å². The van der Waals surface area contributed by atoms with Crippen LogP contribution in [0.4, 0.5) is 0 Å². The molecule has 1 fully saturated rings. The number of nitrogens with zero attached hydrogens (tertiary/aromatic N) is 3. The molecule has 6 nitrogen and oxygen atoms in total. The zero-order valence-corrected chi connectivity index (χ0v) is 10.9. The fourth-order valence-corrected chi connectivity index (χ4v) is 2.59. The number of amides is 1. The van der Waals surface area contributed by atoms with Gasteiger partial charge in [0.1, 0.15) is 5.69 Å². The number of piperidine rings is 1. The van der Waals surface area contributed by atoms with Crippen LogP contribution >= 0.6 is 0 Å². The smallest absolute Gasteiger partial charge is 0.274 e. The van der Waals surface area contributed by atoms with Crippen molar-refractivity contribution < 1.29 is 4.79 Å². The van der Waals surface area contributed by atoms with E-state index in [2.05, 4.69) is 20.4 Å². The predicted octanol–water partition coefficient (Wildman–Crippen LogP) is 1.46. The third-order valence-electron chi connectivity index (χ3n) is 3.70. The van der Waals surface area contributed by atoms with E-state index in [0.717, 1.165) is 31.6 Å². The maximum absolute atomic E-state index is 12.2. The first kappa shape index (κ1) is 12.0. The number of likely N-dealkylation sites (tertiary alicyclic amines) is 1. The van der Waals surface area contributed by atoms with Gasteiger partial charge in [0.2, 0.25) is 0 Å². The van der Waals surface area contributed by atoms with Crippen LogP contribution < -0.4 is 0 Å². The maximum atomic E-state index is 12.2. The highest BCUT2D eigenvalue weighted by Crippen LogP contribution is 2.27. The average molecular weight is 259 g/mol. The molecule has 2 aromatic rings. The van der Waals surface area contributed by atoms with Crippen LogP contribution in [0.3, 0.4) is 0 Å². The molecular formula is C13H17N5O. The second kappa shape index (κ2) is 4.87. The molecule has 19 heavy (non-hydrogen) atoms. The van der Waals surface area contributed by atoms with Crippen LogP contribution in [-0.4, -0.2) is 44.3 Å². The number of H-pyrrole nitrogens is 2. The van der Waals surface area contributed by atoms with E-state index in [0.29, 0.717) is 11.6 Å². The van der Waals surface area contributed by atoms with Crippen molar-refractivity contribution in [2.24, 2.45) is 0 Å². The van der Waals surface area contributed by atoms with E-state index in [4.69, 9.17) is 0 Å². The Bertz CT molecular complexity index is 551. The first-order valence-corrected chi connectivity index (χ1v) is 6.54. The molecule has 0 aliphatic carbocycles. The van der Waals surface area contributed by atoms with Crippen molar-refractivity contribution in [3.05, 3.63) is 35.4 Å². The lowest BCUT2D eigenvalue weighted by Crippen LogP contribution is -2.38. The van der Waals surface area contributed by atoms with Gasteiger partial charge in [-0.2, -0.15) is 10.2 Å². The summed E-state index contributed by atoms with van der Waals surface area (Å²) < 4.78 is 0. The molecule has 0 aromatic carbocycles. The van der Waals surface area contributed by atoms with Gasteiger partial charge in [-0.15, -0.1) is 0 Å². The maximum Gasteiger partial charge on any atom is 0.274 e. The lowest BCUT2D eigenvalue weighted by molar-refractivity contribution is 0.0707. The van der Waals surface area contributed by atoms with Crippen LogP contribution in [0.25, 0.3) is 0 Å². The summed E-state index contributed by atoms with van der Waals surface area (Å²) in [5, 5.41) is 13.7. The van der Waals surface area contributed by atoms with Gasteiger partial charge in [0.15, 0.2) is 0 Å². The largest absolute Gasteiger partial charge is 0.337 e. The molecule has 1 aliphatic rings. The molecule has 0 bridgehead atoms. The van der Waals surface area contributed by atoms with Gasteiger partial charge in [-0.1, -0.05) is 0 Å². The van der Waals surface area contributed by atoms with Gasteiger partial charge in [-0.3, -0.25) is 15.0 Å². The topological polar surface area (TPSA) is 77.7 Å². The number of aromatic amines is 2. The molecule has 2 aromatic heterocycles. The Balaban J connectivity index is 1.62. The van der Waals surface area contributed by atoms with Gasteiger partial charge in [0.25, 0.3) is 5.91 Å². The Kier molecular flexibility index (Phi) is 3.06. The molecule has 0 saturated carbocycles. The van der Waals surface area contributed by atoms with Crippen LogP contribution in [0.5, 0.6) is 0 Å². The van der Waals surface area contributed by atoms with E-state index in [1.807, 2.05) is 24.2 Å². The Labute approximate surface area is 111 Å². The fourth-order valence-electron chi connectivity index (χ4n) is 2.59. The second-order valence-corrected chi connectivity index (χ2v) is 5.03. The normalized spacial score (nSPS) is 16.8. The lowest BCUT2D eigenvalue weighted by Gasteiger charge is -2.31. The standard InChI is InChI=1S/C13H17N5O/c1-9-6-12(17-16-9)13(19)18-4-2-10(3-5-18)11-7-14-15-8-11/h6-8,10H,2-5H2,1H3,(H,14,15)(H,16,17). The molecule has 1 aliphatic heterocycles. The van der Waals surface area contributed by atoms with Gasteiger partial charge >= 0.3 is 0 Å². The number of carbonyl (C=O) groups excluding carboxylic acids is 1. The SMILES string of the molecule is Cc1cc(C(=O)N2CCC(c3cn[nH]c3)CC2)n[nH]1. The monoisotopic (exact) mass is 259 g/mol. The quantitative estimate of drug-likeness (QED) is 0.857. The first-order chi connectivity index (χ1) is 9.24. The number of nitrogens with one attached hydrogen (secondary N) is 2. The van der Waals surface area contributed by atoms with E-state index in [1.54, 1.807) is 6.07 Å². The Morgan fingerprint density at radius 1 is 1.42 bits per heavy atom. The van der Waals surface area contributed by atoms with Gasteiger partial charge in [0.05, 0.1) is 6.20 Å². The summed E-state index contributed by atoms with van der Waals surface area (Å²) in [5.74, 6) is 0.527. The highest BCUT2D eigenvalue weighted by atomic mass is 16.2. The minimum Gasteiger partial charge on any atom is -0.337 e. The minimum absolute atomic E-state index is 0.0231. The van der Waals surface area contributed by atoms with Crippen molar-refractivity contribution in [2.75, 3.05) is 13.1 Å². The molecule has 0 spiro atoms. The lowest BCUT2D eigenvalue weighted by atomic mass is 9.91. The number of rotatable bonds is 2. The molecule has 0 radical (unpaired) electrons. The minimum atomic E-state index is 0.0231. The molecule has 0 unspecified atom stereocenters. The van der Waals surface area contributed by atoms with Crippen molar-refractivity contribution in [1.29, 1.82) is 0 Å². The van der Waals surface area contributed by atoms with Crippen LogP contribution in [0.2, 0.25) is 0 Å². The number of aryl methyl sites for hydroxylation is 1. The summed E-state index contributed by atoms with van der Waals surface area (Å²) >= 11 is 0. The predicted molar refractivity (Wildman–Crippen MR) is 69.8 cm³/mol. The third-order valence-corrected chi connectivity index (χ3v) is 3.70. The third kappa shape index (κ3) is 2.38. The zero-order valence-electron chi connectivity index (χ0n) is 10.9. The molecular weight excluding hydrogens is 242 g/mol. The van der Waals surface area contributed by atoms with Gasteiger partial charge in [0, 0.05) is 25.0 Å². The summed E-state index contributed by atoms with van der Waals surface area (Å²) in [7, 11) is 0. The van der Waals surface area contributed by atoms with Crippen LogP contribution in [-0.2, 0) is 0 Å². The molecule has 3 heterocycles. The summed E-state index contributed by atoms with van der Waals surface area (Å²) in [4.78, 5) is 14.1. The summed E-state index contributed by atoms with van der Waals surface area (Å²) in [6, 6.07) is 1.80. The fraction of sp³-hybridized carbons (Fsp3) is 0.462. The van der Waals surface area contributed by atoms with E-state index in [1.165, 1.54) is 5.56 Å². The second-order valence-electron chi connectivity index (χ2n) is 5.03. The number of hydrogen-bond donors (Lipinski definition) is 2. The molecule has 3 rings (SSSR count). The highest BCUT2D eigenvalue weighted by Gasteiger charge is 2.25. The van der Waals surface area contributed by atoms with Gasteiger partial charge < -0.3 is 4.90 Å². The first-order valence-electron chi connectivity index (χ1n) is 6.54. The summed E-state index contributed by atoms with van der Waals surface area (Å²) in [6.07, 6.45) is 5.78. The molecule has 6 heteroatoms. The Morgan fingerprint density at radius 3 is 2.79 bits per heavy atom. The summed E-state index contributed by atoms with van der Waals surface area (Å²) in [6.45, 7) is 3.45. The van der Waals surface area contributed by atoms with Crippen molar-refractivity contribution in [3.63, 3.8) is 0 Å². The highest BCUT2D eigenvalue weighted by molar-refractivity contribution is 5.92.